The molecule has 3 N–H and O–H groups in total. The van der Waals surface area contributed by atoms with E-state index in [1.165, 1.54) is 12.1 Å². The van der Waals surface area contributed by atoms with Crippen molar-refractivity contribution in [2.75, 3.05) is 26.3 Å². The van der Waals surface area contributed by atoms with Gasteiger partial charge in [0.05, 0.1) is 18.2 Å². The van der Waals surface area contributed by atoms with Gasteiger partial charge < -0.3 is 10.5 Å². The lowest BCUT2D eigenvalue weighted by Gasteiger charge is -2.08. The first-order valence-corrected chi connectivity index (χ1v) is 7.93. The van der Waals surface area contributed by atoms with E-state index >= 15 is 0 Å². The molecule has 0 bridgehead atoms. The fourth-order valence-electron chi connectivity index (χ4n) is 1.42. The lowest BCUT2D eigenvalue weighted by molar-refractivity contribution is 0.153. The molecule has 0 saturated carbocycles. The fraction of sp³-hybridized carbons (Fsp3) is 0.385. The van der Waals surface area contributed by atoms with E-state index in [1.807, 2.05) is 6.92 Å². The van der Waals surface area contributed by atoms with E-state index in [2.05, 4.69) is 16.6 Å². The molecule has 0 heterocycles. The maximum Gasteiger partial charge on any atom is 0.242 e. The summed E-state index contributed by atoms with van der Waals surface area (Å²) in [6.07, 6.45) is 0. The highest BCUT2D eigenvalue weighted by Crippen LogP contribution is 2.22. The molecule has 0 saturated heterocycles. The summed E-state index contributed by atoms with van der Waals surface area (Å²) in [4.78, 5) is 0.0222. The van der Waals surface area contributed by atoms with Gasteiger partial charge in [-0.3, -0.25) is 0 Å². The van der Waals surface area contributed by atoms with Gasteiger partial charge in [0.2, 0.25) is 10.0 Å². The van der Waals surface area contributed by atoms with Crippen LogP contribution in [0, 0.1) is 11.8 Å². The first-order chi connectivity index (χ1) is 9.51. The van der Waals surface area contributed by atoms with Gasteiger partial charge in [-0.15, -0.1) is 0 Å². The Morgan fingerprint density at radius 1 is 1.45 bits per heavy atom. The van der Waals surface area contributed by atoms with Crippen molar-refractivity contribution in [2.45, 2.75) is 11.8 Å². The highest BCUT2D eigenvalue weighted by Gasteiger charge is 2.17. The zero-order valence-corrected chi connectivity index (χ0v) is 12.7. The molecule has 7 heteroatoms. The number of halogens is 1. The van der Waals surface area contributed by atoms with E-state index in [0.717, 1.165) is 0 Å². The molecular formula is C13H17ClN2O3S. The van der Waals surface area contributed by atoms with Crippen molar-refractivity contribution in [1.82, 2.24) is 4.72 Å². The molecular weight excluding hydrogens is 300 g/mol. The van der Waals surface area contributed by atoms with Crippen molar-refractivity contribution in [3.63, 3.8) is 0 Å². The number of benzene rings is 1. The zero-order valence-electron chi connectivity index (χ0n) is 11.1. The van der Waals surface area contributed by atoms with Crippen LogP contribution in [0.2, 0.25) is 5.02 Å². The molecule has 0 aromatic heterocycles. The van der Waals surface area contributed by atoms with Crippen LogP contribution < -0.4 is 10.5 Å². The van der Waals surface area contributed by atoms with Gasteiger partial charge in [0.15, 0.2) is 0 Å². The van der Waals surface area contributed by atoms with Crippen LogP contribution in [0.4, 0.5) is 0 Å². The number of ether oxygens (including phenoxy) is 1. The molecule has 0 fully saturated rings. The molecule has 0 aliphatic carbocycles. The van der Waals surface area contributed by atoms with E-state index in [0.29, 0.717) is 18.8 Å². The monoisotopic (exact) mass is 316 g/mol. The number of hydrogen-bond acceptors (Lipinski definition) is 4. The minimum Gasteiger partial charge on any atom is -0.380 e. The predicted octanol–water partition coefficient (Wildman–Crippen LogP) is 0.965. The molecule has 0 aliphatic heterocycles. The van der Waals surface area contributed by atoms with E-state index in [4.69, 9.17) is 22.1 Å². The minimum absolute atomic E-state index is 0.0222. The van der Waals surface area contributed by atoms with Gasteiger partial charge in [-0.1, -0.05) is 23.4 Å². The second-order valence-electron chi connectivity index (χ2n) is 3.75. The molecule has 1 rings (SSSR count). The third-order valence-corrected chi connectivity index (χ3v) is 4.24. The minimum atomic E-state index is -3.64. The lowest BCUT2D eigenvalue weighted by atomic mass is 10.2. The van der Waals surface area contributed by atoms with Gasteiger partial charge in [-0.25, -0.2) is 13.1 Å². The smallest absolute Gasteiger partial charge is 0.242 e. The molecule has 0 aliphatic rings. The summed E-state index contributed by atoms with van der Waals surface area (Å²) in [6.45, 7) is 3.12. The van der Waals surface area contributed by atoms with Crippen LogP contribution >= 0.6 is 11.6 Å². The van der Waals surface area contributed by atoms with Crippen molar-refractivity contribution >= 4 is 21.6 Å². The first kappa shape index (κ1) is 17.0. The van der Waals surface area contributed by atoms with E-state index in [9.17, 15) is 8.42 Å². The molecule has 20 heavy (non-hydrogen) atoms. The molecule has 5 nitrogen and oxygen atoms in total. The molecule has 1 aromatic rings. The third kappa shape index (κ3) is 5.12. The van der Waals surface area contributed by atoms with Crippen molar-refractivity contribution in [2.24, 2.45) is 5.73 Å². The third-order valence-electron chi connectivity index (χ3n) is 2.30. The highest BCUT2D eigenvalue weighted by atomic mass is 35.5. The van der Waals surface area contributed by atoms with Gasteiger partial charge in [-0.05, 0) is 25.1 Å². The number of sulfonamides is 1. The molecule has 0 amide bonds. The average Bonchev–Trinajstić information content (AvgIpc) is 2.41. The van der Waals surface area contributed by atoms with Gasteiger partial charge >= 0.3 is 0 Å². The van der Waals surface area contributed by atoms with E-state index < -0.39 is 10.0 Å². The Bertz CT molecular complexity index is 606. The Labute approximate surface area is 124 Å². The average molecular weight is 317 g/mol. The van der Waals surface area contributed by atoms with Crippen molar-refractivity contribution in [1.29, 1.82) is 0 Å². The first-order valence-electron chi connectivity index (χ1n) is 6.07. The summed E-state index contributed by atoms with van der Waals surface area (Å²) in [7, 11) is -3.64. The van der Waals surface area contributed by atoms with Crippen LogP contribution in [0.25, 0.3) is 0 Å². The topological polar surface area (TPSA) is 81.4 Å². The molecule has 0 unspecified atom stereocenters. The van der Waals surface area contributed by atoms with Gasteiger partial charge in [0.1, 0.15) is 4.90 Å². The summed E-state index contributed by atoms with van der Waals surface area (Å²) in [6, 6.07) is 4.51. The number of nitrogens with one attached hydrogen (secondary N) is 1. The predicted molar refractivity (Wildman–Crippen MR) is 79.1 cm³/mol. The van der Waals surface area contributed by atoms with Crippen molar-refractivity contribution in [3.8, 4) is 11.8 Å². The van der Waals surface area contributed by atoms with E-state index in [-0.39, 0.29) is 23.0 Å². The van der Waals surface area contributed by atoms with Crippen LogP contribution in [0.5, 0.6) is 0 Å². The maximum absolute atomic E-state index is 12.0. The number of nitrogens with two attached hydrogens (primary N) is 1. The Balaban J connectivity index is 2.85. The normalized spacial score (nSPS) is 10.9. The fourth-order valence-corrected chi connectivity index (χ4v) is 2.98. The summed E-state index contributed by atoms with van der Waals surface area (Å²) >= 11 is 5.98. The van der Waals surface area contributed by atoms with Crippen molar-refractivity contribution in [3.05, 3.63) is 28.8 Å². The number of rotatable bonds is 6. The Morgan fingerprint density at radius 2 is 2.20 bits per heavy atom. The van der Waals surface area contributed by atoms with Crippen LogP contribution in [0.1, 0.15) is 12.5 Å². The van der Waals surface area contributed by atoms with Crippen LogP contribution in [0.15, 0.2) is 23.1 Å². The van der Waals surface area contributed by atoms with Crippen molar-refractivity contribution < 1.29 is 13.2 Å². The molecule has 0 atom stereocenters. The standard InChI is InChI=1S/C13H17ClN2O3S/c1-2-19-9-8-16-20(17,18)13-6-5-11(4-3-7-15)10-12(13)14/h5-6,10,16H,2,7-9,15H2,1H3. The lowest BCUT2D eigenvalue weighted by Crippen LogP contribution is -2.27. The largest absolute Gasteiger partial charge is 0.380 e. The summed E-state index contributed by atoms with van der Waals surface area (Å²) < 4.78 is 31.6. The highest BCUT2D eigenvalue weighted by molar-refractivity contribution is 7.89. The molecule has 0 spiro atoms. The van der Waals surface area contributed by atoms with E-state index in [1.54, 1.807) is 6.07 Å². The Kier molecular flexibility index (Phi) is 6.99. The zero-order chi connectivity index (χ0) is 15.0. The maximum atomic E-state index is 12.0. The van der Waals surface area contributed by atoms with Crippen LogP contribution in [-0.4, -0.2) is 34.7 Å². The van der Waals surface area contributed by atoms with Crippen LogP contribution in [-0.2, 0) is 14.8 Å². The van der Waals surface area contributed by atoms with Gasteiger partial charge in [0, 0.05) is 18.7 Å². The Hall–Kier alpha value is -1.10. The molecule has 110 valence electrons. The summed E-state index contributed by atoms with van der Waals surface area (Å²) in [5, 5.41) is 0.123. The Morgan fingerprint density at radius 3 is 2.80 bits per heavy atom. The quantitative estimate of drug-likeness (QED) is 0.605. The number of hydrogen-bond donors (Lipinski definition) is 2. The SMILES string of the molecule is CCOCCNS(=O)(=O)c1ccc(C#CCN)cc1Cl. The summed E-state index contributed by atoms with van der Waals surface area (Å²) in [5.74, 6) is 5.46. The molecule has 0 radical (unpaired) electrons. The van der Waals surface area contributed by atoms with Gasteiger partial charge in [-0.2, -0.15) is 0 Å². The molecule has 1 aromatic carbocycles. The van der Waals surface area contributed by atoms with Gasteiger partial charge in [0.25, 0.3) is 0 Å². The second-order valence-corrected chi connectivity index (χ2v) is 5.89. The summed E-state index contributed by atoms with van der Waals surface area (Å²) in [5.41, 5.74) is 5.89. The van der Waals surface area contributed by atoms with Crippen LogP contribution in [0.3, 0.4) is 0 Å². The second kappa shape index (κ2) is 8.25.